The van der Waals surface area contributed by atoms with Crippen molar-refractivity contribution in [3.63, 3.8) is 0 Å². The summed E-state index contributed by atoms with van der Waals surface area (Å²) in [6, 6.07) is -7.68. The number of nitrogens with one attached hydrogen (secondary N) is 10. The van der Waals surface area contributed by atoms with Crippen LogP contribution < -0.4 is 76.1 Å². The van der Waals surface area contributed by atoms with E-state index in [4.69, 9.17) is 27.7 Å². The van der Waals surface area contributed by atoms with Crippen LogP contribution in [0.25, 0.3) is 0 Å². The topological polar surface area (TPSA) is 545 Å². The Morgan fingerprint density at radius 2 is 1.30 bits per heavy atom. The highest BCUT2D eigenvalue weighted by molar-refractivity contribution is 6.76. The molecule has 1 fully saturated rings. The van der Waals surface area contributed by atoms with Crippen LogP contribution in [0.4, 0.5) is 0 Å². The Balaban J connectivity index is 2.45. The van der Waals surface area contributed by atoms with Gasteiger partial charge in [-0.25, -0.2) is 4.79 Å². The van der Waals surface area contributed by atoms with Crippen LogP contribution in [0.5, 0.6) is 0 Å². The second kappa shape index (κ2) is 37.9. The van der Waals surface area contributed by atoms with Gasteiger partial charge in [0.05, 0.1) is 31.4 Å². The minimum absolute atomic E-state index is 0.0392. The molecule has 1 aromatic carbocycles. The molecule has 94 heavy (non-hydrogen) atoms. The number of aromatic nitrogens is 1. The van der Waals surface area contributed by atoms with E-state index in [-0.39, 0.29) is 56.2 Å². The summed E-state index contributed by atoms with van der Waals surface area (Å²) in [4.78, 5) is 179. The standard InChI is InChI=1S/C60H96N16O17Si/c1-11-31(6)41-55(88)74-42(32(7)78)54(87)67-26-40(79)72-44(47(81)49(62)82)57(90)71-39(27-77)59(92)93-48(34-18-13-12-14-19-34)45(76-53(86)38(24-33-17-15-21-65-25-33)69-50(83)35(61)28-94(8,9)10)58(91)75-43(46(80)30(4)5)56(89)70-37(23-29(2)3)52(85)68-36(51(84)73-41)20-16-22-66-60(63)64/h12-15,17-19,21,25,29-32,35-39,41-48,77-78,80-81H,11,16,20,22-24,26-28,61H2,1-10H3,(H2,62,82)(H,67,87)(H,68,85)(H,69,83)(H,70,89)(H,71,90)(H,72,79)(H,73,84)(H,74,88)(H,75,91)(H,76,86)(H4,63,64,66)/t31-,32-,35+,36+,37-,38-,39-,41?,42?,43-,44-,45-,46+,47-,48+/m0/s1. The van der Waals surface area contributed by atoms with Crippen molar-refractivity contribution in [2.45, 2.75) is 191 Å². The molecule has 3 rings (SSSR count). The summed E-state index contributed by atoms with van der Waals surface area (Å²) >= 11 is 0. The molecule has 0 bridgehead atoms. The van der Waals surface area contributed by atoms with Crippen LogP contribution in [-0.4, -0.2) is 209 Å². The van der Waals surface area contributed by atoms with E-state index < -0.39 is 195 Å². The summed E-state index contributed by atoms with van der Waals surface area (Å²) in [5.74, 6) is -17.1. The smallest absolute Gasteiger partial charge is 0.331 e. The molecule has 0 aliphatic carbocycles. The highest BCUT2D eigenvalue weighted by Gasteiger charge is 2.44. The molecule has 1 saturated heterocycles. The van der Waals surface area contributed by atoms with Gasteiger partial charge in [0.1, 0.15) is 48.3 Å². The Hall–Kier alpha value is -8.70. The van der Waals surface area contributed by atoms with E-state index in [1.54, 1.807) is 39.8 Å². The SMILES string of the molecule is CC[C@H](C)C1NC(=O)[C@@H](CCCN=C(N)N)NC(=O)[C@H](CC(C)C)NC(=O)[C@H]([C@H](O)C(C)C)NC(=O)[C@@H](NC(=O)[C@H](Cc2cccnc2)NC(=O)[C@H](N)C[Si](C)(C)C)[C@@H](c2ccccc2)OC(=O)[C@H](CO)NC(=O)[C@H]([C@H](O)C(N)=O)NC(=O)CNC(=O)C([C@H](C)O)NC1=O. The number of aliphatic hydroxyl groups is 4. The number of amides is 11. The minimum Gasteiger partial charge on any atom is -0.453 e. The summed E-state index contributed by atoms with van der Waals surface area (Å²) in [6.07, 6.45) is -5.73. The minimum atomic E-state index is -2.59. The maximum atomic E-state index is 15.5. The number of pyridine rings is 1. The molecule has 1 aliphatic rings. The number of nitrogens with zero attached hydrogens (tertiary/aromatic N) is 2. The zero-order valence-electron chi connectivity index (χ0n) is 54.7. The molecule has 0 spiro atoms. The molecule has 2 heterocycles. The van der Waals surface area contributed by atoms with Gasteiger partial charge < -0.3 is 101 Å². The number of rotatable bonds is 23. The van der Waals surface area contributed by atoms with Gasteiger partial charge in [0.25, 0.3) is 0 Å². The first-order valence-corrected chi connectivity index (χ1v) is 34.6. The summed E-state index contributed by atoms with van der Waals surface area (Å²) < 4.78 is 5.96. The van der Waals surface area contributed by atoms with Crippen molar-refractivity contribution in [2.75, 3.05) is 19.7 Å². The van der Waals surface area contributed by atoms with Gasteiger partial charge in [-0.15, -0.1) is 0 Å². The molecule has 2 aromatic rings. The molecule has 22 N–H and O–H groups in total. The van der Waals surface area contributed by atoms with Crippen molar-refractivity contribution >= 4 is 85.0 Å². The molecule has 1 aromatic heterocycles. The first kappa shape index (κ1) is 79.5. The fraction of sp³-hybridized carbons (Fsp3) is 0.600. The van der Waals surface area contributed by atoms with E-state index in [1.807, 2.05) is 30.3 Å². The van der Waals surface area contributed by atoms with E-state index in [1.165, 1.54) is 56.6 Å². The average Bonchev–Trinajstić information content (AvgIpc) is 0.965. The van der Waals surface area contributed by atoms with Crippen LogP contribution in [0.1, 0.15) is 91.4 Å². The van der Waals surface area contributed by atoms with E-state index in [0.29, 0.717) is 5.56 Å². The molecular weight excluding hydrogens is 1240 g/mol. The Bertz CT molecular complexity index is 2960. The molecule has 2 unspecified atom stereocenters. The quantitative estimate of drug-likeness (QED) is 0.0162. The molecule has 1 aliphatic heterocycles. The van der Waals surface area contributed by atoms with Crippen molar-refractivity contribution < 1.29 is 82.7 Å². The van der Waals surface area contributed by atoms with Crippen molar-refractivity contribution in [1.29, 1.82) is 0 Å². The molecule has 33 nitrogen and oxygen atoms in total. The van der Waals surface area contributed by atoms with Crippen molar-refractivity contribution in [3.05, 3.63) is 66.0 Å². The van der Waals surface area contributed by atoms with Gasteiger partial charge in [-0.05, 0) is 67.2 Å². The molecule has 0 saturated carbocycles. The number of benzene rings is 1. The predicted molar refractivity (Wildman–Crippen MR) is 343 cm³/mol. The Morgan fingerprint density at radius 1 is 0.713 bits per heavy atom. The highest BCUT2D eigenvalue weighted by Crippen LogP contribution is 2.25. The monoisotopic (exact) mass is 1340 g/mol. The van der Waals surface area contributed by atoms with Crippen LogP contribution in [0, 0.1) is 17.8 Å². The van der Waals surface area contributed by atoms with Gasteiger partial charge in [-0.1, -0.05) is 104 Å². The first-order valence-electron chi connectivity index (χ1n) is 30.9. The van der Waals surface area contributed by atoms with Gasteiger partial charge in [0.2, 0.25) is 65.0 Å². The van der Waals surface area contributed by atoms with Crippen LogP contribution in [0.2, 0.25) is 25.7 Å². The predicted octanol–water partition coefficient (Wildman–Crippen LogP) is -5.55. The number of guanidine groups is 1. The third-order valence-electron chi connectivity index (χ3n) is 15.0. The molecule has 0 radical (unpaired) electrons. The Morgan fingerprint density at radius 3 is 1.85 bits per heavy atom. The number of hydrogen-bond donors (Lipinski definition) is 18. The molecule has 522 valence electrons. The van der Waals surface area contributed by atoms with Crippen molar-refractivity contribution in [1.82, 2.24) is 58.2 Å². The second-order valence-electron chi connectivity index (χ2n) is 25.1. The number of aliphatic imine (C=N–C) groups is 1. The highest BCUT2D eigenvalue weighted by atomic mass is 28.3. The lowest BCUT2D eigenvalue weighted by Crippen LogP contribution is -2.64. The maximum absolute atomic E-state index is 15.5. The van der Waals surface area contributed by atoms with E-state index in [9.17, 15) is 68.4 Å². The average molecular weight is 1340 g/mol. The number of esters is 1. The normalized spacial score (nSPS) is 24.2. The number of carbonyl (C=O) groups is 12. The lowest BCUT2D eigenvalue weighted by molar-refractivity contribution is -0.159. The molecule has 34 heteroatoms. The van der Waals surface area contributed by atoms with Crippen molar-refractivity contribution in [3.8, 4) is 0 Å². The molecule has 15 atom stereocenters. The van der Waals surface area contributed by atoms with E-state index in [0.717, 1.165) is 6.92 Å². The lowest BCUT2D eigenvalue weighted by Gasteiger charge is -2.33. The van der Waals surface area contributed by atoms with Crippen LogP contribution >= 0.6 is 0 Å². The third kappa shape index (κ3) is 25.7. The number of nitrogens with two attached hydrogens (primary N) is 4. The van der Waals surface area contributed by atoms with Gasteiger partial charge in [-0.2, -0.15) is 0 Å². The summed E-state index contributed by atoms with van der Waals surface area (Å²) in [5.41, 5.74) is 23.2. The number of primary amides is 1. The number of carbonyl (C=O) groups excluding carboxylic acids is 12. The largest absolute Gasteiger partial charge is 0.453 e. The lowest BCUT2D eigenvalue weighted by atomic mass is 9.95. The Kier molecular flexibility index (Phi) is 32.0. The van der Waals surface area contributed by atoms with Gasteiger partial charge in [-0.3, -0.25) is 62.7 Å². The van der Waals surface area contributed by atoms with Gasteiger partial charge in [0.15, 0.2) is 24.2 Å². The zero-order chi connectivity index (χ0) is 70.9. The molecule has 11 amide bonds. The summed E-state index contributed by atoms with van der Waals surface area (Å²) in [6.45, 7) is 14.1. The molecular formula is C60H96N16O17Si. The fourth-order valence-electron chi connectivity index (χ4n) is 9.65. The maximum Gasteiger partial charge on any atom is 0.331 e. The van der Waals surface area contributed by atoms with Gasteiger partial charge in [0, 0.05) is 33.4 Å². The number of hydrogen-bond acceptors (Lipinski definition) is 20. The van der Waals surface area contributed by atoms with Crippen molar-refractivity contribution in [2.24, 2.45) is 45.7 Å². The van der Waals surface area contributed by atoms with Crippen LogP contribution in [-0.2, 0) is 68.7 Å². The van der Waals surface area contributed by atoms with E-state index >= 15 is 9.59 Å². The van der Waals surface area contributed by atoms with Crippen LogP contribution in [0.15, 0.2) is 59.9 Å². The third-order valence-corrected chi connectivity index (χ3v) is 16.7. The van der Waals surface area contributed by atoms with E-state index in [2.05, 4.69) is 52.5 Å². The summed E-state index contributed by atoms with van der Waals surface area (Å²) in [5, 5.41) is 68.3. The second-order valence-corrected chi connectivity index (χ2v) is 30.7. The summed E-state index contributed by atoms with van der Waals surface area (Å²) in [7, 11) is -2.03. The number of cyclic esters (lactones) is 1. The zero-order valence-corrected chi connectivity index (χ0v) is 55.7. The number of aliphatic hydroxyl groups excluding tert-OH is 4. The number of ether oxygens (including phenoxy) is 1. The van der Waals surface area contributed by atoms with Gasteiger partial charge >= 0.3 is 5.97 Å². The fourth-order valence-corrected chi connectivity index (χ4v) is 11.2. The first-order chi connectivity index (χ1) is 44.0. The Labute approximate surface area is 546 Å². The van der Waals surface area contributed by atoms with Crippen LogP contribution in [0.3, 0.4) is 0 Å².